The van der Waals surface area contributed by atoms with E-state index in [9.17, 15) is 0 Å². The fraction of sp³-hybridized carbons (Fsp3) is 0.0800. The van der Waals surface area contributed by atoms with E-state index in [1.807, 2.05) is 0 Å². The zero-order chi connectivity index (χ0) is 34.1. The molecular formula is C50H37N. The van der Waals surface area contributed by atoms with E-state index in [4.69, 9.17) is 0 Å². The normalized spacial score (nSPS) is 18.4. The average Bonchev–Trinajstić information content (AvgIpc) is 3.18. The Kier molecular flexibility index (Phi) is 6.82. The van der Waals surface area contributed by atoms with Gasteiger partial charge >= 0.3 is 0 Å². The molecule has 0 heterocycles. The smallest absolute Gasteiger partial charge is 0.0618 e. The van der Waals surface area contributed by atoms with Gasteiger partial charge in [0, 0.05) is 34.0 Å². The van der Waals surface area contributed by atoms with Crippen LogP contribution >= 0.6 is 0 Å². The quantitative estimate of drug-likeness (QED) is 0.168. The predicted octanol–water partition coefficient (Wildman–Crippen LogP) is 13.2. The van der Waals surface area contributed by atoms with Gasteiger partial charge in [-0.3, -0.25) is 0 Å². The summed E-state index contributed by atoms with van der Waals surface area (Å²) < 4.78 is 0. The largest absolute Gasteiger partial charge is 0.309 e. The van der Waals surface area contributed by atoms with Gasteiger partial charge in [-0.05, 0) is 99.5 Å². The van der Waals surface area contributed by atoms with Crippen LogP contribution in [0.2, 0.25) is 0 Å². The van der Waals surface area contributed by atoms with Crippen LogP contribution < -0.4 is 4.90 Å². The molecule has 2 unspecified atom stereocenters. The number of aryl methyl sites for hydroxylation is 2. The lowest BCUT2D eigenvalue weighted by Crippen LogP contribution is -2.29. The number of fused-ring (bicyclic) bond motifs is 2. The number of hydrogen-bond acceptors (Lipinski definition) is 1. The van der Waals surface area contributed by atoms with Crippen molar-refractivity contribution in [2.24, 2.45) is 11.8 Å². The first-order valence-electron chi connectivity index (χ1n) is 18.0. The third-order valence-corrected chi connectivity index (χ3v) is 11.2. The van der Waals surface area contributed by atoms with E-state index >= 15 is 0 Å². The van der Waals surface area contributed by atoms with Crippen molar-refractivity contribution in [1.82, 2.24) is 0 Å². The van der Waals surface area contributed by atoms with Gasteiger partial charge in [0.15, 0.2) is 0 Å². The Morgan fingerprint density at radius 2 is 1.00 bits per heavy atom. The Morgan fingerprint density at radius 1 is 0.451 bits per heavy atom. The monoisotopic (exact) mass is 651 g/mol. The molecule has 6 aromatic rings. The standard InChI is InChI=1S/C50H37N/c1-32-17-25-39(26-18-32)51(40-27-19-33(2)20-28-40)50-45-15-5-3-13-42(45)48(43-14-4-6-16-46(43)50)38-12-8-11-37(31-38)41-29-23-36-22-21-34-9-7-10-35-24-30-44(41)49(36)47(34)35/h3-31,47,49H,1-2H3. The summed E-state index contributed by atoms with van der Waals surface area (Å²) >= 11 is 0. The molecule has 10 rings (SSSR count). The lowest BCUT2D eigenvalue weighted by atomic mass is 9.63. The Bertz CT molecular complexity index is 2530. The number of nitrogens with zero attached hydrogens (tertiary/aromatic N) is 1. The minimum absolute atomic E-state index is 0.352. The Balaban J connectivity index is 1.19. The SMILES string of the molecule is Cc1ccc(N(c2ccc(C)cc2)c2c3ccccc3c(-c3cccc(C4=C5C=CC6=CC=CC7=CC=C(C=C4)C5C67)c3)c3ccccc23)cc1. The zero-order valence-corrected chi connectivity index (χ0v) is 28.8. The van der Waals surface area contributed by atoms with Crippen molar-refractivity contribution in [3.63, 3.8) is 0 Å². The van der Waals surface area contributed by atoms with E-state index in [2.05, 4.69) is 195 Å². The lowest BCUT2D eigenvalue weighted by Gasteiger charge is -2.40. The number of hydrogen-bond donors (Lipinski definition) is 0. The third kappa shape index (κ3) is 4.77. The van der Waals surface area contributed by atoms with E-state index in [-0.39, 0.29) is 0 Å². The first kappa shape index (κ1) is 29.7. The van der Waals surface area contributed by atoms with Gasteiger partial charge in [0.25, 0.3) is 0 Å². The molecule has 1 nitrogen and oxygen atoms in total. The van der Waals surface area contributed by atoms with Crippen LogP contribution in [0.15, 0.2) is 198 Å². The summed E-state index contributed by atoms with van der Waals surface area (Å²) in [5.41, 5.74) is 16.7. The van der Waals surface area contributed by atoms with Crippen molar-refractivity contribution in [3.05, 3.63) is 215 Å². The maximum absolute atomic E-state index is 2.44. The van der Waals surface area contributed by atoms with Gasteiger partial charge in [0.05, 0.1) is 5.69 Å². The minimum Gasteiger partial charge on any atom is -0.309 e. The van der Waals surface area contributed by atoms with Gasteiger partial charge in [0.1, 0.15) is 0 Å². The number of anilines is 3. The fourth-order valence-electron chi connectivity index (χ4n) is 8.76. The highest BCUT2D eigenvalue weighted by atomic mass is 15.1. The van der Waals surface area contributed by atoms with Crippen molar-refractivity contribution < 1.29 is 0 Å². The van der Waals surface area contributed by atoms with Crippen LogP contribution in [0.3, 0.4) is 0 Å². The van der Waals surface area contributed by atoms with E-state index in [0.717, 1.165) is 11.4 Å². The first-order valence-corrected chi connectivity index (χ1v) is 18.0. The molecule has 0 fully saturated rings. The second-order valence-corrected chi connectivity index (χ2v) is 14.3. The molecule has 0 saturated carbocycles. The zero-order valence-electron chi connectivity index (χ0n) is 28.8. The molecular weight excluding hydrogens is 615 g/mol. The molecule has 242 valence electrons. The van der Waals surface area contributed by atoms with Gasteiger partial charge in [-0.1, -0.05) is 157 Å². The summed E-state index contributed by atoms with van der Waals surface area (Å²) in [6.07, 6.45) is 20.8. The maximum Gasteiger partial charge on any atom is 0.0618 e. The molecule has 0 N–H and O–H groups in total. The molecule has 0 aliphatic heterocycles. The minimum atomic E-state index is 0.352. The van der Waals surface area contributed by atoms with Crippen LogP contribution in [0, 0.1) is 25.7 Å². The van der Waals surface area contributed by atoms with Crippen molar-refractivity contribution in [1.29, 1.82) is 0 Å². The molecule has 0 amide bonds. The van der Waals surface area contributed by atoms with Crippen molar-refractivity contribution >= 4 is 44.2 Å². The number of rotatable bonds is 5. The maximum atomic E-state index is 2.44. The molecule has 0 bridgehead atoms. The molecule has 0 saturated heterocycles. The van der Waals surface area contributed by atoms with E-state index < -0.39 is 0 Å². The predicted molar refractivity (Wildman–Crippen MR) is 217 cm³/mol. The van der Waals surface area contributed by atoms with Gasteiger partial charge in [-0.2, -0.15) is 0 Å². The summed E-state index contributed by atoms with van der Waals surface area (Å²) in [4.78, 5) is 2.44. The highest BCUT2D eigenvalue weighted by molar-refractivity contribution is 6.22. The van der Waals surface area contributed by atoms with Crippen LogP contribution in [0.5, 0.6) is 0 Å². The molecule has 0 radical (unpaired) electrons. The van der Waals surface area contributed by atoms with Crippen molar-refractivity contribution in [3.8, 4) is 11.1 Å². The Labute approximate surface area is 299 Å². The Morgan fingerprint density at radius 3 is 1.65 bits per heavy atom. The van der Waals surface area contributed by atoms with Crippen LogP contribution in [-0.2, 0) is 0 Å². The summed E-state index contributed by atoms with van der Waals surface area (Å²) in [5, 5.41) is 4.96. The van der Waals surface area contributed by atoms with Crippen LogP contribution in [-0.4, -0.2) is 0 Å². The highest BCUT2D eigenvalue weighted by Gasteiger charge is 2.38. The Hall–Kier alpha value is -6.18. The van der Waals surface area contributed by atoms with Gasteiger partial charge in [-0.15, -0.1) is 0 Å². The van der Waals surface area contributed by atoms with Crippen LogP contribution in [0.25, 0.3) is 38.2 Å². The summed E-state index contributed by atoms with van der Waals surface area (Å²) in [6.45, 7) is 4.30. The molecule has 2 atom stereocenters. The van der Waals surface area contributed by atoms with E-state index in [0.29, 0.717) is 11.8 Å². The first-order chi connectivity index (χ1) is 25.1. The van der Waals surface area contributed by atoms with E-state index in [1.54, 1.807) is 0 Å². The van der Waals surface area contributed by atoms with Gasteiger partial charge in [-0.25, -0.2) is 0 Å². The molecule has 6 aromatic carbocycles. The van der Waals surface area contributed by atoms with Gasteiger partial charge < -0.3 is 4.90 Å². The summed E-state index contributed by atoms with van der Waals surface area (Å²) in [7, 11) is 0. The average molecular weight is 652 g/mol. The second kappa shape index (κ2) is 11.7. The molecule has 0 aromatic heterocycles. The summed E-state index contributed by atoms with van der Waals surface area (Å²) in [6, 6.07) is 45.0. The van der Waals surface area contributed by atoms with Crippen molar-refractivity contribution in [2.75, 3.05) is 4.90 Å². The molecule has 1 heteroatoms. The molecule has 4 aliphatic carbocycles. The fourth-order valence-corrected chi connectivity index (χ4v) is 8.76. The molecule has 51 heavy (non-hydrogen) atoms. The van der Waals surface area contributed by atoms with Crippen LogP contribution in [0.1, 0.15) is 16.7 Å². The molecule has 0 spiro atoms. The third-order valence-electron chi connectivity index (χ3n) is 11.2. The summed E-state index contributed by atoms with van der Waals surface area (Å²) in [5.74, 6) is 0.744. The molecule has 4 aliphatic rings. The van der Waals surface area contributed by atoms with E-state index in [1.165, 1.54) is 82.9 Å². The van der Waals surface area contributed by atoms with Crippen molar-refractivity contribution in [2.45, 2.75) is 13.8 Å². The van der Waals surface area contributed by atoms with Crippen LogP contribution in [0.4, 0.5) is 17.1 Å². The van der Waals surface area contributed by atoms with Gasteiger partial charge in [0.2, 0.25) is 0 Å². The highest BCUT2D eigenvalue weighted by Crippen LogP contribution is 2.52. The lowest BCUT2D eigenvalue weighted by molar-refractivity contribution is 0.566. The topological polar surface area (TPSA) is 3.24 Å². The number of allylic oxidation sites excluding steroid dienone is 14. The number of benzene rings is 6. The second-order valence-electron chi connectivity index (χ2n) is 14.3.